The van der Waals surface area contributed by atoms with Gasteiger partial charge in [0.1, 0.15) is 21.8 Å². The van der Waals surface area contributed by atoms with Crippen molar-refractivity contribution < 1.29 is 18.1 Å². The lowest BCUT2D eigenvalue weighted by Gasteiger charge is -2.06. The Morgan fingerprint density at radius 2 is 2.11 bits per heavy atom. The van der Waals surface area contributed by atoms with Crippen molar-refractivity contribution >= 4 is 27.5 Å². The molecule has 1 aromatic carbocycles. The van der Waals surface area contributed by atoms with Crippen molar-refractivity contribution in [2.75, 3.05) is 23.9 Å². The number of nitrogens with zero attached hydrogens (tertiary/aromatic N) is 1. The number of sulfone groups is 1. The monoisotopic (exact) mass is 272 g/mol. The van der Waals surface area contributed by atoms with Crippen LogP contribution < -0.4 is 5.32 Å². The average molecular weight is 272 g/mol. The average Bonchev–Trinajstić information content (AvgIpc) is 2.27. The highest BCUT2D eigenvalue weighted by Gasteiger charge is 2.14. The predicted molar refractivity (Wildman–Crippen MR) is 66.7 cm³/mol. The minimum atomic E-state index is -3.13. The van der Waals surface area contributed by atoms with E-state index < -0.39 is 14.8 Å². The van der Waals surface area contributed by atoms with Crippen LogP contribution in [0.2, 0.25) is 0 Å². The van der Waals surface area contributed by atoms with Crippen LogP contribution in [0.1, 0.15) is 10.4 Å². The number of nitro groups is 1. The summed E-state index contributed by atoms with van der Waals surface area (Å²) in [6, 6.07) is 3.93. The molecule has 0 saturated heterocycles. The highest BCUT2D eigenvalue weighted by Crippen LogP contribution is 2.24. The molecule has 0 spiro atoms. The van der Waals surface area contributed by atoms with E-state index in [-0.39, 0.29) is 29.2 Å². The fraction of sp³-hybridized carbons (Fsp3) is 0.300. The first-order valence-corrected chi connectivity index (χ1v) is 7.05. The molecule has 1 aromatic rings. The van der Waals surface area contributed by atoms with Crippen molar-refractivity contribution in [3.8, 4) is 0 Å². The Labute approximate surface area is 104 Å². The van der Waals surface area contributed by atoms with Crippen LogP contribution in [-0.2, 0) is 9.84 Å². The quantitative estimate of drug-likeness (QED) is 0.467. The maximum Gasteiger partial charge on any atom is 0.293 e. The number of aldehydes is 1. The Kier molecular flexibility index (Phi) is 4.38. The molecule has 1 rings (SSSR count). The van der Waals surface area contributed by atoms with E-state index in [1.807, 2.05) is 0 Å². The summed E-state index contributed by atoms with van der Waals surface area (Å²) in [5.74, 6) is -0.125. The van der Waals surface area contributed by atoms with Crippen LogP contribution in [0.15, 0.2) is 18.2 Å². The molecule has 18 heavy (non-hydrogen) atoms. The maximum absolute atomic E-state index is 10.9. The summed E-state index contributed by atoms with van der Waals surface area (Å²) in [7, 11) is -3.13. The molecule has 0 heterocycles. The summed E-state index contributed by atoms with van der Waals surface area (Å²) < 4.78 is 21.8. The Hall–Kier alpha value is -1.96. The smallest absolute Gasteiger partial charge is 0.293 e. The number of hydrogen-bond donors (Lipinski definition) is 1. The molecule has 98 valence electrons. The van der Waals surface area contributed by atoms with E-state index in [9.17, 15) is 23.3 Å². The van der Waals surface area contributed by atoms with Gasteiger partial charge in [-0.25, -0.2) is 8.42 Å². The Morgan fingerprint density at radius 1 is 1.44 bits per heavy atom. The lowest BCUT2D eigenvalue weighted by molar-refractivity contribution is -0.384. The van der Waals surface area contributed by atoms with Gasteiger partial charge in [0.2, 0.25) is 0 Å². The highest BCUT2D eigenvalue weighted by molar-refractivity contribution is 7.90. The number of nitro benzene ring substituents is 1. The number of carbonyl (C=O) groups excluding carboxylic acids is 1. The van der Waals surface area contributed by atoms with E-state index in [1.165, 1.54) is 12.1 Å². The van der Waals surface area contributed by atoms with Gasteiger partial charge in [0, 0.05) is 24.4 Å². The van der Waals surface area contributed by atoms with Gasteiger partial charge in [-0.15, -0.1) is 0 Å². The topological polar surface area (TPSA) is 106 Å². The lowest BCUT2D eigenvalue weighted by atomic mass is 10.2. The molecule has 0 radical (unpaired) electrons. The molecule has 0 aliphatic heterocycles. The summed E-state index contributed by atoms with van der Waals surface area (Å²) in [6.07, 6.45) is 1.59. The summed E-state index contributed by atoms with van der Waals surface area (Å²) in [5.41, 5.74) is 0.123. The maximum atomic E-state index is 10.9. The molecule has 0 amide bonds. The van der Waals surface area contributed by atoms with Crippen LogP contribution in [-0.4, -0.2) is 38.2 Å². The second kappa shape index (κ2) is 5.58. The fourth-order valence-electron chi connectivity index (χ4n) is 1.29. The summed E-state index contributed by atoms with van der Waals surface area (Å²) in [4.78, 5) is 20.7. The van der Waals surface area contributed by atoms with Gasteiger partial charge in [-0.05, 0) is 12.1 Å². The van der Waals surface area contributed by atoms with Crippen molar-refractivity contribution in [3.05, 3.63) is 33.9 Å². The molecule has 0 unspecified atom stereocenters. The Bertz CT molecular complexity index is 568. The van der Waals surface area contributed by atoms with Gasteiger partial charge in [-0.2, -0.15) is 0 Å². The zero-order valence-electron chi connectivity index (χ0n) is 9.62. The Balaban J connectivity index is 2.88. The van der Waals surface area contributed by atoms with Crippen LogP contribution >= 0.6 is 0 Å². The van der Waals surface area contributed by atoms with Crippen LogP contribution in [0.5, 0.6) is 0 Å². The van der Waals surface area contributed by atoms with Crippen LogP contribution in [0, 0.1) is 10.1 Å². The van der Waals surface area contributed by atoms with Crippen molar-refractivity contribution in [2.24, 2.45) is 0 Å². The van der Waals surface area contributed by atoms with Gasteiger partial charge in [0.05, 0.1) is 10.7 Å². The van der Waals surface area contributed by atoms with Crippen molar-refractivity contribution in [3.63, 3.8) is 0 Å². The van der Waals surface area contributed by atoms with Crippen molar-refractivity contribution in [2.45, 2.75) is 0 Å². The van der Waals surface area contributed by atoms with E-state index >= 15 is 0 Å². The van der Waals surface area contributed by atoms with Crippen LogP contribution in [0.3, 0.4) is 0 Å². The summed E-state index contributed by atoms with van der Waals surface area (Å²) >= 11 is 0. The van der Waals surface area contributed by atoms with Crippen molar-refractivity contribution in [1.82, 2.24) is 0 Å². The second-order valence-corrected chi connectivity index (χ2v) is 5.97. The molecular formula is C10H12N2O5S. The third kappa shape index (κ3) is 4.13. The molecule has 0 aliphatic rings. The van der Waals surface area contributed by atoms with E-state index in [0.29, 0.717) is 6.29 Å². The number of anilines is 1. The normalized spacial score (nSPS) is 10.9. The van der Waals surface area contributed by atoms with Crippen LogP contribution in [0.25, 0.3) is 0 Å². The zero-order valence-corrected chi connectivity index (χ0v) is 10.4. The second-order valence-electron chi connectivity index (χ2n) is 3.71. The van der Waals surface area contributed by atoms with Gasteiger partial charge < -0.3 is 5.32 Å². The number of benzene rings is 1. The third-order valence-electron chi connectivity index (χ3n) is 2.14. The largest absolute Gasteiger partial charge is 0.378 e. The molecule has 7 nitrogen and oxygen atoms in total. The number of nitrogens with one attached hydrogen (secondary N) is 1. The van der Waals surface area contributed by atoms with E-state index in [1.54, 1.807) is 0 Å². The lowest BCUT2D eigenvalue weighted by Crippen LogP contribution is -2.14. The third-order valence-corrected chi connectivity index (χ3v) is 3.09. The first kappa shape index (κ1) is 14.1. The predicted octanol–water partition coefficient (Wildman–Crippen LogP) is 0.864. The molecule has 0 aliphatic carbocycles. The minimum Gasteiger partial charge on any atom is -0.378 e. The summed E-state index contributed by atoms with van der Waals surface area (Å²) in [5, 5.41) is 13.4. The molecule has 0 saturated carbocycles. The number of carbonyl (C=O) groups is 1. The zero-order chi connectivity index (χ0) is 13.8. The summed E-state index contributed by atoms with van der Waals surface area (Å²) in [6.45, 7) is 0.0696. The van der Waals surface area contributed by atoms with Gasteiger partial charge in [-0.1, -0.05) is 0 Å². The van der Waals surface area contributed by atoms with Crippen LogP contribution in [0.4, 0.5) is 11.4 Å². The first-order chi connectivity index (χ1) is 8.33. The molecule has 0 fully saturated rings. The number of hydrogen-bond acceptors (Lipinski definition) is 6. The Morgan fingerprint density at radius 3 is 2.61 bits per heavy atom. The van der Waals surface area contributed by atoms with Gasteiger partial charge in [-0.3, -0.25) is 14.9 Å². The SMILES string of the molecule is CS(=O)(=O)CCNc1ccc(C=O)cc1[N+](=O)[O-]. The molecule has 0 bridgehead atoms. The molecule has 0 atom stereocenters. The molecule has 8 heteroatoms. The molecule has 0 aromatic heterocycles. The molecule has 1 N–H and O–H groups in total. The number of rotatable bonds is 6. The van der Waals surface area contributed by atoms with E-state index in [0.717, 1.165) is 12.3 Å². The highest BCUT2D eigenvalue weighted by atomic mass is 32.2. The van der Waals surface area contributed by atoms with Gasteiger partial charge in [0.15, 0.2) is 0 Å². The standard InChI is InChI=1S/C10H12N2O5S/c1-18(16,17)5-4-11-9-3-2-8(7-13)6-10(9)12(14)15/h2-3,6-7,11H,4-5H2,1H3. The first-order valence-electron chi connectivity index (χ1n) is 4.98. The van der Waals surface area contributed by atoms with E-state index in [4.69, 9.17) is 0 Å². The van der Waals surface area contributed by atoms with Gasteiger partial charge in [0.25, 0.3) is 5.69 Å². The van der Waals surface area contributed by atoms with Gasteiger partial charge >= 0.3 is 0 Å². The van der Waals surface area contributed by atoms with Crippen molar-refractivity contribution in [1.29, 1.82) is 0 Å². The minimum absolute atomic E-state index is 0.0696. The molecular weight excluding hydrogens is 260 g/mol. The fourth-order valence-corrected chi connectivity index (χ4v) is 1.77. The van der Waals surface area contributed by atoms with E-state index in [2.05, 4.69) is 5.32 Å².